The number of anilines is 1. The number of carbonyl (C=O) groups excluding carboxylic acids is 1. The van der Waals surface area contributed by atoms with E-state index < -0.39 is 10.0 Å². The fourth-order valence-electron chi connectivity index (χ4n) is 2.58. The molecule has 1 aromatic carbocycles. The molecule has 0 radical (unpaired) electrons. The van der Waals surface area contributed by atoms with Crippen LogP contribution in [-0.4, -0.2) is 58.7 Å². The number of sulfonamides is 1. The number of nitrogens with one attached hydrogen (secondary N) is 1. The number of benzene rings is 1. The number of tetrazole rings is 1. The van der Waals surface area contributed by atoms with E-state index in [-0.39, 0.29) is 16.6 Å². The minimum Gasteiger partial charge on any atom is -0.467 e. The first-order valence-electron chi connectivity index (χ1n) is 8.93. The van der Waals surface area contributed by atoms with Gasteiger partial charge in [-0.25, -0.2) is 17.4 Å². The highest BCUT2D eigenvalue weighted by Crippen LogP contribution is 2.26. The van der Waals surface area contributed by atoms with E-state index in [0.29, 0.717) is 23.1 Å². The van der Waals surface area contributed by atoms with Crippen molar-refractivity contribution in [2.75, 3.05) is 25.2 Å². The molecule has 0 unspecified atom stereocenters. The van der Waals surface area contributed by atoms with Crippen LogP contribution in [0, 0.1) is 13.8 Å². The lowest BCUT2D eigenvalue weighted by atomic mass is 10.1. The second-order valence-electron chi connectivity index (χ2n) is 6.74. The molecule has 0 saturated carbocycles. The predicted molar refractivity (Wildman–Crippen MR) is 112 cm³/mol. The summed E-state index contributed by atoms with van der Waals surface area (Å²) in [5.74, 6) is 0.454. The highest BCUT2D eigenvalue weighted by atomic mass is 32.2. The summed E-state index contributed by atoms with van der Waals surface area (Å²) < 4.78 is 32.9. The van der Waals surface area contributed by atoms with E-state index in [1.807, 2.05) is 13.0 Å². The van der Waals surface area contributed by atoms with Gasteiger partial charge in [0.25, 0.3) is 0 Å². The highest BCUT2D eigenvalue weighted by molar-refractivity contribution is 7.99. The molecule has 0 aliphatic heterocycles. The molecule has 0 aliphatic carbocycles. The Morgan fingerprint density at radius 2 is 2.07 bits per heavy atom. The Morgan fingerprint density at radius 3 is 2.73 bits per heavy atom. The van der Waals surface area contributed by atoms with E-state index in [9.17, 15) is 13.2 Å². The largest absolute Gasteiger partial charge is 0.467 e. The van der Waals surface area contributed by atoms with E-state index in [1.165, 1.54) is 36.6 Å². The summed E-state index contributed by atoms with van der Waals surface area (Å²) in [7, 11) is -0.685. The molecule has 0 fully saturated rings. The second kappa shape index (κ2) is 8.98. The van der Waals surface area contributed by atoms with Crippen LogP contribution in [0.4, 0.5) is 5.69 Å². The van der Waals surface area contributed by atoms with Crippen LogP contribution >= 0.6 is 11.8 Å². The van der Waals surface area contributed by atoms with Crippen molar-refractivity contribution in [3.8, 4) is 0 Å². The molecule has 2 aromatic heterocycles. The van der Waals surface area contributed by atoms with Crippen LogP contribution in [0.25, 0.3) is 0 Å². The van der Waals surface area contributed by atoms with E-state index in [4.69, 9.17) is 4.42 Å². The van der Waals surface area contributed by atoms with Crippen LogP contribution in [0.15, 0.2) is 45.0 Å². The number of aromatic nitrogens is 4. The lowest BCUT2D eigenvalue weighted by Crippen LogP contribution is -2.23. The Labute approximate surface area is 178 Å². The molecule has 1 N–H and O–H groups in total. The molecule has 10 nitrogen and oxygen atoms in total. The maximum absolute atomic E-state index is 12.5. The molecular formula is C18H22N6O4S2. The molecule has 160 valence electrons. The molecule has 30 heavy (non-hydrogen) atoms. The van der Waals surface area contributed by atoms with Crippen molar-refractivity contribution in [1.29, 1.82) is 0 Å². The lowest BCUT2D eigenvalue weighted by molar-refractivity contribution is -0.113. The number of aryl methyl sites for hydroxylation is 1. The minimum atomic E-state index is -3.61. The van der Waals surface area contributed by atoms with Gasteiger partial charge in [-0.05, 0) is 59.7 Å². The van der Waals surface area contributed by atoms with Crippen LogP contribution in [0.3, 0.4) is 0 Å². The minimum absolute atomic E-state index is 0.0572. The van der Waals surface area contributed by atoms with Crippen LogP contribution in [0.1, 0.15) is 16.9 Å². The molecule has 0 aliphatic rings. The normalized spacial score (nSPS) is 11.8. The Kier molecular flexibility index (Phi) is 6.58. The van der Waals surface area contributed by atoms with Gasteiger partial charge in [0.05, 0.1) is 16.9 Å². The van der Waals surface area contributed by atoms with Crippen LogP contribution in [0.5, 0.6) is 0 Å². The highest BCUT2D eigenvalue weighted by Gasteiger charge is 2.20. The van der Waals surface area contributed by atoms with Crippen molar-refractivity contribution < 1.29 is 17.6 Å². The maximum Gasteiger partial charge on any atom is 0.242 e. The van der Waals surface area contributed by atoms with E-state index in [0.717, 1.165) is 15.4 Å². The van der Waals surface area contributed by atoms with Crippen molar-refractivity contribution in [1.82, 2.24) is 24.5 Å². The zero-order valence-electron chi connectivity index (χ0n) is 17.0. The molecule has 0 atom stereocenters. The van der Waals surface area contributed by atoms with Crippen LogP contribution in [0.2, 0.25) is 0 Å². The van der Waals surface area contributed by atoms with Gasteiger partial charge in [-0.1, -0.05) is 11.8 Å². The summed E-state index contributed by atoms with van der Waals surface area (Å²) in [4.78, 5) is 12.6. The number of nitrogens with zero attached hydrogens (tertiary/aromatic N) is 5. The molecule has 2 heterocycles. The SMILES string of the molecule is Cc1cc(S(=O)(=O)N(C)C)cc(NC(=O)CSc2nnnn2Cc2ccco2)c1C. The zero-order valence-corrected chi connectivity index (χ0v) is 18.6. The molecule has 12 heteroatoms. The van der Waals surface area contributed by atoms with Gasteiger partial charge in [0, 0.05) is 19.8 Å². The predicted octanol–water partition coefficient (Wildman–Crippen LogP) is 1.91. The monoisotopic (exact) mass is 450 g/mol. The number of hydrogen-bond acceptors (Lipinski definition) is 8. The van der Waals surface area contributed by atoms with Gasteiger partial charge < -0.3 is 9.73 Å². The topological polar surface area (TPSA) is 123 Å². The van der Waals surface area contributed by atoms with Gasteiger partial charge >= 0.3 is 0 Å². The summed E-state index contributed by atoms with van der Waals surface area (Å²) in [6.07, 6.45) is 1.56. The number of furan rings is 1. The third kappa shape index (κ3) is 4.89. The van der Waals surface area contributed by atoms with Gasteiger partial charge in [0.1, 0.15) is 12.3 Å². The van der Waals surface area contributed by atoms with Gasteiger partial charge in [-0.3, -0.25) is 4.79 Å². The number of thioether (sulfide) groups is 1. The van der Waals surface area contributed by atoms with E-state index in [1.54, 1.807) is 25.3 Å². The fourth-order valence-corrected chi connectivity index (χ4v) is 4.27. The number of amides is 1. The third-order valence-corrected chi connectivity index (χ3v) is 7.16. The Balaban J connectivity index is 1.70. The summed E-state index contributed by atoms with van der Waals surface area (Å²) >= 11 is 1.17. The summed E-state index contributed by atoms with van der Waals surface area (Å²) in [5, 5.41) is 14.7. The molecular weight excluding hydrogens is 428 g/mol. The quantitative estimate of drug-likeness (QED) is 0.516. The van der Waals surface area contributed by atoms with Gasteiger partial charge in [0.15, 0.2) is 0 Å². The van der Waals surface area contributed by atoms with E-state index >= 15 is 0 Å². The first kappa shape index (κ1) is 22.0. The molecule has 1 amide bonds. The zero-order chi connectivity index (χ0) is 21.9. The van der Waals surface area contributed by atoms with Gasteiger partial charge in [-0.2, -0.15) is 0 Å². The first-order chi connectivity index (χ1) is 14.2. The average Bonchev–Trinajstić information content (AvgIpc) is 3.35. The Morgan fingerprint density at radius 1 is 1.30 bits per heavy atom. The average molecular weight is 451 g/mol. The fraction of sp³-hybridized carbons (Fsp3) is 0.333. The lowest BCUT2D eigenvalue weighted by Gasteiger charge is -2.16. The smallest absolute Gasteiger partial charge is 0.242 e. The summed E-state index contributed by atoms with van der Waals surface area (Å²) in [6.45, 7) is 3.98. The second-order valence-corrected chi connectivity index (χ2v) is 9.83. The summed E-state index contributed by atoms with van der Waals surface area (Å²) in [5.41, 5.74) is 2.02. The van der Waals surface area contributed by atoms with Gasteiger partial charge in [0.2, 0.25) is 21.1 Å². The van der Waals surface area contributed by atoms with E-state index in [2.05, 4.69) is 20.8 Å². The van der Waals surface area contributed by atoms with Gasteiger partial charge in [-0.15, -0.1) is 5.10 Å². The Bertz CT molecular complexity index is 1140. The first-order valence-corrected chi connectivity index (χ1v) is 11.4. The molecule has 0 spiro atoms. The van der Waals surface area contributed by atoms with Crippen LogP contribution < -0.4 is 5.32 Å². The standard InChI is InChI=1S/C18H22N6O4S2/c1-12-8-15(30(26,27)23(3)4)9-16(13(12)2)19-17(25)11-29-18-20-21-22-24(18)10-14-6-5-7-28-14/h5-9H,10-11H2,1-4H3,(H,19,25). The van der Waals surface area contributed by atoms with Crippen molar-refractivity contribution in [3.63, 3.8) is 0 Å². The third-order valence-electron chi connectivity index (χ3n) is 4.41. The van der Waals surface area contributed by atoms with Crippen molar-refractivity contribution in [2.45, 2.75) is 30.4 Å². The molecule has 3 aromatic rings. The number of rotatable bonds is 8. The number of hydrogen-bond donors (Lipinski definition) is 1. The summed E-state index contributed by atoms with van der Waals surface area (Å²) in [6, 6.07) is 6.65. The van der Waals surface area contributed by atoms with Crippen molar-refractivity contribution >= 4 is 33.4 Å². The number of carbonyl (C=O) groups is 1. The van der Waals surface area contributed by atoms with Crippen molar-refractivity contribution in [3.05, 3.63) is 47.4 Å². The molecule has 0 bridgehead atoms. The maximum atomic E-state index is 12.5. The van der Waals surface area contributed by atoms with Crippen LogP contribution in [-0.2, 0) is 21.4 Å². The van der Waals surface area contributed by atoms with Crippen molar-refractivity contribution in [2.24, 2.45) is 0 Å². The molecule has 0 saturated heterocycles. The molecule has 3 rings (SSSR count). The Hall–Kier alpha value is -2.70.